The molecule has 2 aromatic carbocycles. The monoisotopic (exact) mass is 493 g/mol. The van der Waals surface area contributed by atoms with Gasteiger partial charge in [-0.05, 0) is 36.2 Å². The molecule has 1 unspecified atom stereocenters. The van der Waals surface area contributed by atoms with Gasteiger partial charge in [-0.3, -0.25) is 4.48 Å². The van der Waals surface area contributed by atoms with E-state index in [9.17, 15) is 0 Å². The second kappa shape index (κ2) is 6.84. The summed E-state index contributed by atoms with van der Waals surface area (Å²) < 4.78 is 23.4. The van der Waals surface area contributed by atoms with Crippen LogP contribution in [0, 0.1) is 0 Å². The number of halogens is 1. The molecule has 148 valence electrons. The third kappa shape index (κ3) is 2.61. The lowest BCUT2D eigenvalue weighted by molar-refractivity contribution is -0.855. The van der Waals surface area contributed by atoms with Crippen molar-refractivity contribution in [2.45, 2.75) is 19.9 Å². The van der Waals surface area contributed by atoms with Crippen molar-refractivity contribution < 1.29 is 47.4 Å². The van der Waals surface area contributed by atoms with Crippen LogP contribution in [0.25, 0.3) is 11.3 Å². The van der Waals surface area contributed by atoms with E-state index in [0.29, 0.717) is 6.79 Å². The zero-order chi connectivity index (χ0) is 18.8. The molecule has 0 aliphatic carbocycles. The summed E-state index contributed by atoms with van der Waals surface area (Å²) in [4.78, 5) is 0. The second-order valence-electron chi connectivity index (χ2n) is 7.69. The number of rotatable bonds is 2. The molecule has 0 fully saturated rings. The molecule has 0 aromatic heterocycles. The Kier molecular flexibility index (Phi) is 4.74. The van der Waals surface area contributed by atoms with Crippen LogP contribution in [0.15, 0.2) is 24.3 Å². The van der Waals surface area contributed by atoms with Crippen molar-refractivity contribution in [3.05, 3.63) is 46.5 Å². The Bertz CT molecular complexity index is 1000. The standard InChI is InChI=1S/C22H24NO4.HI/c1-13-15-5-6-18(24-3)22(25-4)17(15)11-23(2)8-7-14-9-19-20(27-12-26-19)10-16(14)21(13)23;/h5-6,9-10H,7-8,11-12H2,1-4H3;1H/q+1;/p-1. The van der Waals surface area contributed by atoms with Crippen molar-refractivity contribution in [3.8, 4) is 23.0 Å². The molecule has 3 heterocycles. The first-order valence-electron chi connectivity index (χ1n) is 9.29. The molecule has 5 nitrogen and oxygen atoms in total. The summed E-state index contributed by atoms with van der Waals surface area (Å²) in [6.45, 7) is 4.45. The summed E-state index contributed by atoms with van der Waals surface area (Å²) in [6.07, 6.45) is 1.01. The lowest BCUT2D eigenvalue weighted by Gasteiger charge is -2.44. The van der Waals surface area contributed by atoms with Gasteiger partial charge in [-0.15, -0.1) is 0 Å². The van der Waals surface area contributed by atoms with Gasteiger partial charge >= 0.3 is 0 Å². The van der Waals surface area contributed by atoms with Crippen molar-refractivity contribution in [2.24, 2.45) is 0 Å². The summed E-state index contributed by atoms with van der Waals surface area (Å²) in [5.74, 6) is 3.36. The molecule has 0 bridgehead atoms. The number of allylic oxidation sites excluding steroid dienone is 1. The van der Waals surface area contributed by atoms with Crippen LogP contribution in [0.2, 0.25) is 0 Å². The van der Waals surface area contributed by atoms with E-state index in [0.717, 1.165) is 47.0 Å². The number of hydrogen-bond acceptors (Lipinski definition) is 4. The van der Waals surface area contributed by atoms with Crippen LogP contribution in [0.1, 0.15) is 29.2 Å². The second-order valence-corrected chi connectivity index (χ2v) is 7.69. The molecule has 5 rings (SSSR count). The first-order chi connectivity index (χ1) is 13.1. The van der Waals surface area contributed by atoms with E-state index >= 15 is 0 Å². The van der Waals surface area contributed by atoms with Crippen molar-refractivity contribution in [3.63, 3.8) is 0 Å². The van der Waals surface area contributed by atoms with Gasteiger partial charge < -0.3 is 42.9 Å². The summed E-state index contributed by atoms with van der Waals surface area (Å²) in [6, 6.07) is 8.48. The van der Waals surface area contributed by atoms with E-state index in [1.165, 1.54) is 33.5 Å². The Balaban J connectivity index is 0.00000192. The molecule has 0 amide bonds. The van der Waals surface area contributed by atoms with Crippen LogP contribution in [-0.2, 0) is 13.0 Å². The third-order valence-electron chi connectivity index (χ3n) is 6.18. The van der Waals surface area contributed by atoms with E-state index < -0.39 is 0 Å². The highest BCUT2D eigenvalue weighted by molar-refractivity contribution is 5.91. The van der Waals surface area contributed by atoms with Gasteiger partial charge in [-0.25, -0.2) is 0 Å². The smallest absolute Gasteiger partial charge is 0.231 e. The number of methoxy groups -OCH3 is 2. The van der Waals surface area contributed by atoms with Crippen LogP contribution in [0.5, 0.6) is 23.0 Å². The maximum absolute atomic E-state index is 5.74. The van der Waals surface area contributed by atoms with Gasteiger partial charge in [-0.1, -0.05) is 6.07 Å². The molecule has 6 heteroatoms. The Labute approximate surface area is 182 Å². The maximum Gasteiger partial charge on any atom is 0.231 e. The highest BCUT2D eigenvalue weighted by Crippen LogP contribution is 2.50. The number of likely N-dealkylation sites (N-methyl/N-ethyl adjacent to an activating group) is 1. The van der Waals surface area contributed by atoms with E-state index in [1.54, 1.807) is 14.2 Å². The van der Waals surface area contributed by atoms with Gasteiger partial charge in [0.15, 0.2) is 23.0 Å². The Morgan fingerprint density at radius 3 is 2.46 bits per heavy atom. The number of quaternary nitrogens is 1. The summed E-state index contributed by atoms with van der Waals surface area (Å²) >= 11 is 0. The van der Waals surface area contributed by atoms with Gasteiger partial charge in [0.05, 0.1) is 33.4 Å². The fourth-order valence-corrected chi connectivity index (χ4v) is 4.92. The minimum Gasteiger partial charge on any atom is -1.00 e. The van der Waals surface area contributed by atoms with E-state index in [2.05, 4.69) is 32.2 Å². The van der Waals surface area contributed by atoms with Crippen LogP contribution in [0.3, 0.4) is 0 Å². The first kappa shape index (κ1) is 19.4. The highest BCUT2D eigenvalue weighted by atomic mass is 127. The van der Waals surface area contributed by atoms with Crippen LogP contribution in [0.4, 0.5) is 0 Å². The molecule has 3 aliphatic rings. The fourth-order valence-electron chi connectivity index (χ4n) is 4.92. The van der Waals surface area contributed by atoms with Crippen LogP contribution >= 0.6 is 0 Å². The van der Waals surface area contributed by atoms with Crippen molar-refractivity contribution in [2.75, 3.05) is 34.6 Å². The largest absolute Gasteiger partial charge is 1.00 e. The quantitative estimate of drug-likeness (QED) is 0.460. The Morgan fingerprint density at radius 2 is 1.75 bits per heavy atom. The van der Waals surface area contributed by atoms with Gasteiger partial charge in [0, 0.05) is 17.6 Å². The average molecular weight is 493 g/mol. The van der Waals surface area contributed by atoms with E-state index in [-0.39, 0.29) is 24.0 Å². The molecule has 0 saturated carbocycles. The SMILES string of the molecule is COc1ccc2c(c1OC)C[N+]1(C)CCc3cc4c(cc3C1=C2C)OCO4.[I-]. The maximum atomic E-state index is 5.74. The molecular weight excluding hydrogens is 469 g/mol. The predicted molar refractivity (Wildman–Crippen MR) is 103 cm³/mol. The minimum absolute atomic E-state index is 0. The summed E-state index contributed by atoms with van der Waals surface area (Å²) in [5, 5.41) is 0. The lowest BCUT2D eigenvalue weighted by Crippen LogP contribution is -3.00. The summed E-state index contributed by atoms with van der Waals surface area (Å²) in [5.41, 5.74) is 7.75. The number of hydrogen-bond donors (Lipinski definition) is 0. The Morgan fingerprint density at radius 1 is 1.00 bits per heavy atom. The molecule has 28 heavy (non-hydrogen) atoms. The number of ether oxygens (including phenoxy) is 4. The zero-order valence-electron chi connectivity index (χ0n) is 16.6. The normalized spacial score (nSPS) is 21.3. The highest BCUT2D eigenvalue weighted by Gasteiger charge is 2.43. The van der Waals surface area contributed by atoms with E-state index in [1.807, 2.05) is 6.07 Å². The van der Waals surface area contributed by atoms with E-state index in [4.69, 9.17) is 18.9 Å². The van der Waals surface area contributed by atoms with Gasteiger partial charge in [0.1, 0.15) is 12.2 Å². The number of fused-ring (bicyclic) bond motifs is 5. The van der Waals surface area contributed by atoms with Gasteiger partial charge in [0.2, 0.25) is 6.79 Å². The Hall–Kier alpha value is -1.93. The molecule has 0 radical (unpaired) electrons. The third-order valence-corrected chi connectivity index (χ3v) is 6.18. The molecule has 1 atom stereocenters. The minimum atomic E-state index is 0. The van der Waals surface area contributed by atoms with Gasteiger partial charge in [0.25, 0.3) is 0 Å². The number of benzene rings is 2. The molecule has 0 N–H and O–H groups in total. The number of nitrogens with zero attached hydrogens (tertiary/aromatic N) is 1. The molecule has 0 spiro atoms. The van der Waals surface area contributed by atoms with Crippen LogP contribution < -0.4 is 42.9 Å². The van der Waals surface area contributed by atoms with Gasteiger partial charge in [-0.2, -0.15) is 0 Å². The molecule has 0 saturated heterocycles. The molecular formula is C22H24INO4. The molecule has 2 aromatic rings. The van der Waals surface area contributed by atoms with Crippen molar-refractivity contribution >= 4 is 11.3 Å². The zero-order valence-corrected chi connectivity index (χ0v) is 18.8. The summed E-state index contributed by atoms with van der Waals surface area (Å²) in [7, 11) is 5.73. The van der Waals surface area contributed by atoms with Crippen molar-refractivity contribution in [1.82, 2.24) is 0 Å². The lowest BCUT2D eigenvalue weighted by atomic mass is 9.84. The van der Waals surface area contributed by atoms with Crippen LogP contribution in [-0.4, -0.2) is 39.1 Å². The topological polar surface area (TPSA) is 36.9 Å². The first-order valence-corrected chi connectivity index (χ1v) is 9.29. The average Bonchev–Trinajstić information content (AvgIpc) is 3.12. The van der Waals surface area contributed by atoms with Crippen molar-refractivity contribution in [1.29, 1.82) is 0 Å². The predicted octanol–water partition coefficient (Wildman–Crippen LogP) is 0.841. The fraction of sp³-hybridized carbons (Fsp3) is 0.364. The molecule has 3 aliphatic heterocycles.